The van der Waals surface area contributed by atoms with E-state index in [0.29, 0.717) is 22.8 Å². The van der Waals surface area contributed by atoms with Crippen LogP contribution in [0.1, 0.15) is 54.7 Å². The highest BCUT2D eigenvalue weighted by Gasteiger charge is 2.34. The molecule has 1 saturated heterocycles. The average molecular weight is 459 g/mol. The van der Waals surface area contributed by atoms with E-state index in [1.165, 1.54) is 0 Å². The largest absolute Gasteiger partial charge is 0.383 e. The minimum Gasteiger partial charge on any atom is -0.383 e. The summed E-state index contributed by atoms with van der Waals surface area (Å²) >= 11 is 0. The van der Waals surface area contributed by atoms with Gasteiger partial charge in [0.05, 0.1) is 5.39 Å². The molecule has 1 saturated carbocycles. The van der Waals surface area contributed by atoms with E-state index in [-0.39, 0.29) is 23.8 Å². The van der Waals surface area contributed by atoms with Crippen molar-refractivity contribution in [1.29, 1.82) is 0 Å². The van der Waals surface area contributed by atoms with Crippen molar-refractivity contribution in [2.45, 2.75) is 44.6 Å². The van der Waals surface area contributed by atoms with Crippen molar-refractivity contribution in [3.63, 3.8) is 0 Å². The van der Waals surface area contributed by atoms with E-state index < -0.39 is 0 Å². The lowest BCUT2D eigenvalue weighted by Crippen LogP contribution is -2.44. The molecule has 8 heteroatoms. The first-order valence-electron chi connectivity index (χ1n) is 11.8. The van der Waals surface area contributed by atoms with Gasteiger partial charge in [0, 0.05) is 55.0 Å². The molecular formula is C26H30N6O2. The van der Waals surface area contributed by atoms with Crippen molar-refractivity contribution in [2.24, 2.45) is 7.05 Å². The molecule has 3 N–H and O–H groups in total. The Kier molecular flexibility index (Phi) is 5.59. The number of likely N-dealkylation sites (tertiary alicyclic amines) is 1. The summed E-state index contributed by atoms with van der Waals surface area (Å²) in [4.78, 5) is 35.9. The number of carbonyl (C=O) groups is 2. The topological polar surface area (TPSA) is 106 Å². The number of nitrogens with two attached hydrogens (primary N) is 1. The number of aryl methyl sites for hydroxylation is 1. The maximum atomic E-state index is 12.7. The molecule has 1 aliphatic heterocycles. The van der Waals surface area contributed by atoms with E-state index in [1.54, 1.807) is 6.92 Å². The van der Waals surface area contributed by atoms with E-state index in [0.717, 1.165) is 60.9 Å². The van der Waals surface area contributed by atoms with Crippen LogP contribution in [0.25, 0.3) is 22.2 Å². The smallest absolute Gasteiger partial charge is 0.253 e. The minimum absolute atomic E-state index is 0.0905. The molecule has 0 unspecified atom stereocenters. The number of aromatic nitrogens is 3. The molecule has 1 aromatic carbocycles. The Morgan fingerprint density at radius 2 is 1.79 bits per heavy atom. The molecule has 2 fully saturated rings. The third-order valence-corrected chi connectivity index (χ3v) is 6.92. The molecular weight excluding hydrogens is 428 g/mol. The van der Waals surface area contributed by atoms with Crippen LogP contribution in [0.3, 0.4) is 0 Å². The van der Waals surface area contributed by atoms with Gasteiger partial charge >= 0.3 is 0 Å². The first-order valence-corrected chi connectivity index (χ1v) is 11.8. The lowest BCUT2D eigenvalue weighted by atomic mass is 9.79. The second-order valence-electron chi connectivity index (χ2n) is 9.52. The predicted molar refractivity (Wildman–Crippen MR) is 132 cm³/mol. The second-order valence-corrected chi connectivity index (χ2v) is 9.52. The molecule has 2 aromatic heterocycles. The average Bonchev–Trinajstić information content (AvgIpc) is 3.44. The summed E-state index contributed by atoms with van der Waals surface area (Å²) in [5.74, 6) is 1.30. The van der Waals surface area contributed by atoms with Gasteiger partial charge < -0.3 is 20.5 Å². The molecule has 0 atom stereocenters. The Morgan fingerprint density at radius 3 is 2.44 bits per heavy atom. The molecule has 8 nitrogen and oxygen atoms in total. The van der Waals surface area contributed by atoms with Crippen LogP contribution < -0.4 is 11.1 Å². The Bertz CT molecular complexity index is 1280. The zero-order valence-electron chi connectivity index (χ0n) is 19.7. The van der Waals surface area contributed by atoms with Crippen LogP contribution in [0.15, 0.2) is 42.6 Å². The number of fused-ring (bicyclic) bond motifs is 1. The molecule has 3 heterocycles. The lowest BCUT2D eigenvalue weighted by molar-refractivity contribution is -0.118. The van der Waals surface area contributed by atoms with Crippen molar-refractivity contribution in [2.75, 3.05) is 18.8 Å². The van der Waals surface area contributed by atoms with E-state index in [9.17, 15) is 9.59 Å². The van der Waals surface area contributed by atoms with Gasteiger partial charge in [0.1, 0.15) is 17.3 Å². The van der Waals surface area contributed by atoms with Crippen LogP contribution in [0.4, 0.5) is 5.82 Å². The van der Waals surface area contributed by atoms with Crippen LogP contribution >= 0.6 is 0 Å². The Balaban J connectivity index is 1.37. The van der Waals surface area contributed by atoms with E-state index in [1.807, 2.05) is 47.0 Å². The number of nitrogens with one attached hydrogen (secondary N) is 1. The number of hydrogen-bond donors (Lipinski definition) is 2. The first-order chi connectivity index (χ1) is 16.3. The summed E-state index contributed by atoms with van der Waals surface area (Å²) in [6, 6.07) is 7.81. The summed E-state index contributed by atoms with van der Waals surface area (Å²) < 4.78 is 1.97. The summed E-state index contributed by atoms with van der Waals surface area (Å²) in [5.41, 5.74) is 10.3. The van der Waals surface area contributed by atoms with Crippen molar-refractivity contribution in [1.82, 2.24) is 24.8 Å². The lowest BCUT2D eigenvalue weighted by Gasteiger charge is -2.34. The molecule has 0 radical (unpaired) electrons. The van der Waals surface area contributed by atoms with Gasteiger partial charge in [-0.15, -0.1) is 0 Å². The fourth-order valence-electron chi connectivity index (χ4n) is 4.87. The molecule has 2 amide bonds. The number of anilines is 1. The fraction of sp³-hybridized carbons (Fsp3) is 0.385. The molecule has 0 bridgehead atoms. The van der Waals surface area contributed by atoms with Gasteiger partial charge in [-0.2, -0.15) is 0 Å². The number of amides is 2. The van der Waals surface area contributed by atoms with Crippen molar-refractivity contribution < 1.29 is 9.59 Å². The molecule has 0 spiro atoms. The summed E-state index contributed by atoms with van der Waals surface area (Å²) in [6.07, 6.45) is 5.73. The van der Waals surface area contributed by atoms with Crippen molar-refractivity contribution >= 4 is 28.7 Å². The van der Waals surface area contributed by atoms with Gasteiger partial charge in [-0.1, -0.05) is 18.7 Å². The van der Waals surface area contributed by atoms with Crippen LogP contribution in [-0.4, -0.2) is 50.4 Å². The molecule has 3 aromatic rings. The fourth-order valence-corrected chi connectivity index (χ4v) is 4.87. The summed E-state index contributed by atoms with van der Waals surface area (Å²) in [6.45, 7) is 7.06. The third-order valence-electron chi connectivity index (χ3n) is 6.92. The molecule has 5 rings (SSSR count). The second kappa shape index (κ2) is 8.59. The van der Waals surface area contributed by atoms with E-state index >= 15 is 0 Å². The van der Waals surface area contributed by atoms with Crippen LogP contribution in [0.5, 0.6) is 0 Å². The van der Waals surface area contributed by atoms with Crippen LogP contribution in [-0.2, 0) is 11.8 Å². The number of nitrogens with zero attached hydrogens (tertiary/aromatic N) is 4. The van der Waals surface area contributed by atoms with E-state index in [4.69, 9.17) is 10.7 Å². The van der Waals surface area contributed by atoms with Crippen molar-refractivity contribution in [3.05, 3.63) is 54.0 Å². The van der Waals surface area contributed by atoms with Gasteiger partial charge in [-0.25, -0.2) is 9.97 Å². The molecule has 2 aliphatic rings. The molecule has 176 valence electrons. The quantitative estimate of drug-likeness (QED) is 0.570. The highest BCUT2D eigenvalue weighted by molar-refractivity contribution is 6.01. The number of carbonyl (C=O) groups excluding carboxylic acids is 2. The Morgan fingerprint density at radius 1 is 1.12 bits per heavy atom. The van der Waals surface area contributed by atoms with Crippen LogP contribution in [0, 0.1) is 0 Å². The predicted octanol–water partition coefficient (Wildman–Crippen LogP) is 3.39. The zero-order chi connectivity index (χ0) is 24.0. The SMILES string of the molecule is C=C(C)C(=O)NC1CC(c2nc(N)c3c(-c4ccc(C(=O)N5CCCC5)cc4)cn(C)c3n2)C1. The van der Waals surface area contributed by atoms with Gasteiger partial charge in [0.2, 0.25) is 5.91 Å². The van der Waals surface area contributed by atoms with Crippen molar-refractivity contribution in [3.8, 4) is 11.1 Å². The molecule has 1 aliphatic carbocycles. The van der Waals surface area contributed by atoms with Crippen LogP contribution in [0.2, 0.25) is 0 Å². The van der Waals surface area contributed by atoms with E-state index in [2.05, 4.69) is 16.9 Å². The summed E-state index contributed by atoms with van der Waals surface area (Å²) in [7, 11) is 1.95. The number of rotatable bonds is 5. The first kappa shape index (κ1) is 22.1. The minimum atomic E-state index is -0.112. The van der Waals surface area contributed by atoms with Gasteiger partial charge in [0.15, 0.2) is 0 Å². The Hall–Kier alpha value is -3.68. The third kappa shape index (κ3) is 3.93. The number of hydrogen-bond acceptors (Lipinski definition) is 5. The maximum Gasteiger partial charge on any atom is 0.253 e. The highest BCUT2D eigenvalue weighted by atomic mass is 16.2. The standard InChI is InChI=1S/C26H30N6O2/c1-15(2)25(33)28-19-12-18(13-19)23-29-22(27)21-20(14-31(3)24(21)30-23)16-6-8-17(9-7-16)26(34)32-10-4-5-11-32/h6-9,14,18-19H,1,4-5,10-13H2,2-3H3,(H,28,33)(H2,27,29,30). The Labute approximate surface area is 198 Å². The normalized spacial score (nSPS) is 19.8. The highest BCUT2D eigenvalue weighted by Crippen LogP contribution is 2.38. The number of benzene rings is 1. The monoisotopic (exact) mass is 458 g/mol. The van der Waals surface area contributed by atoms with Gasteiger partial charge in [0.25, 0.3) is 5.91 Å². The maximum absolute atomic E-state index is 12.7. The summed E-state index contributed by atoms with van der Waals surface area (Å²) in [5, 5.41) is 3.79. The van der Waals surface area contributed by atoms with Gasteiger partial charge in [-0.3, -0.25) is 9.59 Å². The number of nitrogen functional groups attached to an aromatic ring is 1. The molecule has 34 heavy (non-hydrogen) atoms. The van der Waals surface area contributed by atoms with Gasteiger partial charge in [-0.05, 0) is 50.3 Å². The zero-order valence-corrected chi connectivity index (χ0v) is 19.7.